The number of nitrogens with two attached hydrogens (primary N) is 2. The summed E-state index contributed by atoms with van der Waals surface area (Å²) in [6.07, 6.45) is -0.438. The van der Waals surface area contributed by atoms with E-state index in [9.17, 15) is 0 Å². The molecule has 3 nitrogen and oxygen atoms in total. The number of ether oxygens (including phenoxy) is 1. The lowest BCUT2D eigenvalue weighted by molar-refractivity contribution is 0.412. The fraction of sp³-hybridized carbons (Fsp3) is 0.250. The van der Waals surface area contributed by atoms with Crippen molar-refractivity contribution in [2.24, 2.45) is 11.5 Å². The van der Waals surface area contributed by atoms with Crippen molar-refractivity contribution in [1.29, 1.82) is 0 Å². The van der Waals surface area contributed by atoms with E-state index >= 15 is 0 Å². The highest BCUT2D eigenvalue weighted by molar-refractivity contribution is 9.10. The normalized spacial score (nSPS) is 10.4. The predicted octanol–water partition coefficient (Wildman–Crippen LogP) is 1.37. The number of hydrogen-bond donors (Lipinski definition) is 2. The molecule has 0 radical (unpaired) electrons. The molecule has 0 bridgehead atoms. The van der Waals surface area contributed by atoms with Crippen LogP contribution in [-0.4, -0.2) is 7.11 Å². The van der Waals surface area contributed by atoms with Gasteiger partial charge in [-0.3, -0.25) is 0 Å². The van der Waals surface area contributed by atoms with Gasteiger partial charge in [0.05, 0.1) is 17.7 Å². The first-order chi connectivity index (χ1) is 5.65. The summed E-state index contributed by atoms with van der Waals surface area (Å²) in [4.78, 5) is 0. The van der Waals surface area contributed by atoms with Gasteiger partial charge in [-0.15, -0.1) is 0 Å². The lowest BCUT2D eigenvalue weighted by Crippen LogP contribution is -2.19. The van der Waals surface area contributed by atoms with Gasteiger partial charge in [0, 0.05) is 0 Å². The Kier molecular flexibility index (Phi) is 3.08. The zero-order chi connectivity index (χ0) is 9.14. The SMILES string of the molecule is COc1ccc(C(N)N)cc1Br. The maximum atomic E-state index is 5.49. The Morgan fingerprint density at radius 3 is 2.50 bits per heavy atom. The van der Waals surface area contributed by atoms with Crippen molar-refractivity contribution in [3.63, 3.8) is 0 Å². The summed E-state index contributed by atoms with van der Waals surface area (Å²) in [6.45, 7) is 0. The maximum absolute atomic E-state index is 5.49. The fourth-order valence-corrected chi connectivity index (χ4v) is 1.45. The second-order valence-electron chi connectivity index (χ2n) is 2.42. The minimum absolute atomic E-state index is 0.438. The second kappa shape index (κ2) is 3.89. The quantitative estimate of drug-likeness (QED) is 0.755. The highest BCUT2D eigenvalue weighted by Crippen LogP contribution is 2.26. The first-order valence-electron chi connectivity index (χ1n) is 3.49. The van der Waals surface area contributed by atoms with E-state index in [1.54, 1.807) is 7.11 Å². The molecule has 0 aliphatic heterocycles. The zero-order valence-corrected chi connectivity index (χ0v) is 8.34. The van der Waals surface area contributed by atoms with E-state index in [1.165, 1.54) is 0 Å². The van der Waals surface area contributed by atoms with Gasteiger partial charge >= 0.3 is 0 Å². The molecule has 1 rings (SSSR count). The van der Waals surface area contributed by atoms with E-state index in [0.717, 1.165) is 15.8 Å². The lowest BCUT2D eigenvalue weighted by atomic mass is 10.2. The standard InChI is InChI=1S/C8H11BrN2O/c1-12-7-3-2-5(8(10)11)4-6(7)9/h2-4,8H,10-11H2,1H3. The molecule has 0 aliphatic rings. The molecule has 0 saturated heterocycles. The van der Waals surface area contributed by atoms with Crippen LogP contribution >= 0.6 is 15.9 Å². The van der Waals surface area contributed by atoms with Gasteiger partial charge in [-0.2, -0.15) is 0 Å². The number of benzene rings is 1. The first-order valence-corrected chi connectivity index (χ1v) is 4.29. The molecular formula is C8H11BrN2O. The van der Waals surface area contributed by atoms with Crippen molar-refractivity contribution in [3.8, 4) is 5.75 Å². The third-order valence-electron chi connectivity index (χ3n) is 1.56. The van der Waals surface area contributed by atoms with Crippen LogP contribution in [0.5, 0.6) is 5.75 Å². The first kappa shape index (κ1) is 9.51. The van der Waals surface area contributed by atoms with Crippen molar-refractivity contribution in [2.75, 3.05) is 7.11 Å². The Balaban J connectivity index is 3.02. The highest BCUT2D eigenvalue weighted by Gasteiger charge is 2.03. The molecule has 1 aromatic rings. The molecule has 0 aliphatic carbocycles. The van der Waals surface area contributed by atoms with Crippen LogP contribution in [0.15, 0.2) is 22.7 Å². The number of halogens is 1. The molecule has 1 aromatic carbocycles. The van der Waals surface area contributed by atoms with Gasteiger partial charge in [0.15, 0.2) is 0 Å². The minimum Gasteiger partial charge on any atom is -0.496 e. The van der Waals surface area contributed by atoms with Gasteiger partial charge in [0.1, 0.15) is 5.75 Å². The summed E-state index contributed by atoms with van der Waals surface area (Å²) < 4.78 is 5.92. The average Bonchev–Trinajstić information content (AvgIpc) is 2.04. The van der Waals surface area contributed by atoms with E-state index in [-0.39, 0.29) is 0 Å². The molecular weight excluding hydrogens is 220 g/mol. The summed E-state index contributed by atoms with van der Waals surface area (Å²) in [7, 11) is 1.61. The third kappa shape index (κ3) is 1.97. The van der Waals surface area contributed by atoms with Crippen LogP contribution in [0.4, 0.5) is 0 Å². The molecule has 12 heavy (non-hydrogen) atoms. The van der Waals surface area contributed by atoms with Crippen LogP contribution in [0.25, 0.3) is 0 Å². The molecule has 0 unspecified atom stereocenters. The summed E-state index contributed by atoms with van der Waals surface area (Å²) >= 11 is 3.34. The van der Waals surface area contributed by atoms with Gasteiger partial charge in [-0.05, 0) is 33.6 Å². The van der Waals surface area contributed by atoms with Crippen LogP contribution in [0.2, 0.25) is 0 Å². The molecule has 66 valence electrons. The highest BCUT2D eigenvalue weighted by atomic mass is 79.9. The summed E-state index contributed by atoms with van der Waals surface area (Å²) in [5.41, 5.74) is 11.9. The Hall–Kier alpha value is -0.580. The number of hydrogen-bond acceptors (Lipinski definition) is 3. The molecule has 4 heteroatoms. The topological polar surface area (TPSA) is 61.3 Å². The monoisotopic (exact) mass is 230 g/mol. The fourth-order valence-electron chi connectivity index (χ4n) is 0.890. The van der Waals surface area contributed by atoms with E-state index in [1.807, 2.05) is 18.2 Å². The Bertz CT molecular complexity index is 276. The molecule has 4 N–H and O–H groups in total. The lowest BCUT2D eigenvalue weighted by Gasteiger charge is -2.08. The molecule has 0 fully saturated rings. The molecule has 0 heterocycles. The van der Waals surface area contributed by atoms with E-state index in [0.29, 0.717) is 0 Å². The van der Waals surface area contributed by atoms with Gasteiger partial charge in [-0.1, -0.05) is 6.07 Å². The van der Waals surface area contributed by atoms with E-state index in [4.69, 9.17) is 16.2 Å². The third-order valence-corrected chi connectivity index (χ3v) is 2.18. The van der Waals surface area contributed by atoms with Crippen molar-refractivity contribution in [3.05, 3.63) is 28.2 Å². The average molecular weight is 231 g/mol. The van der Waals surface area contributed by atoms with E-state index < -0.39 is 6.17 Å². The predicted molar refractivity (Wildman–Crippen MR) is 51.8 cm³/mol. The molecule has 0 amide bonds. The zero-order valence-electron chi connectivity index (χ0n) is 6.75. The largest absolute Gasteiger partial charge is 0.496 e. The summed E-state index contributed by atoms with van der Waals surface area (Å²) in [5, 5.41) is 0. The summed E-state index contributed by atoms with van der Waals surface area (Å²) in [6, 6.07) is 5.52. The Morgan fingerprint density at radius 1 is 1.42 bits per heavy atom. The summed E-state index contributed by atoms with van der Waals surface area (Å²) in [5.74, 6) is 0.777. The smallest absolute Gasteiger partial charge is 0.133 e. The Labute approximate surface area is 79.8 Å². The van der Waals surface area contributed by atoms with Crippen LogP contribution in [0.1, 0.15) is 11.7 Å². The maximum Gasteiger partial charge on any atom is 0.133 e. The molecule has 0 atom stereocenters. The number of rotatable bonds is 2. The second-order valence-corrected chi connectivity index (χ2v) is 3.27. The van der Waals surface area contributed by atoms with Crippen LogP contribution < -0.4 is 16.2 Å². The molecule has 0 spiro atoms. The minimum atomic E-state index is -0.438. The van der Waals surface area contributed by atoms with Crippen molar-refractivity contribution >= 4 is 15.9 Å². The van der Waals surface area contributed by atoms with E-state index in [2.05, 4.69) is 15.9 Å². The van der Waals surface area contributed by atoms with Crippen molar-refractivity contribution in [2.45, 2.75) is 6.17 Å². The van der Waals surface area contributed by atoms with Crippen LogP contribution in [0, 0.1) is 0 Å². The van der Waals surface area contributed by atoms with Gasteiger partial charge in [-0.25, -0.2) is 0 Å². The number of methoxy groups -OCH3 is 1. The van der Waals surface area contributed by atoms with Gasteiger partial charge in [0.2, 0.25) is 0 Å². The van der Waals surface area contributed by atoms with Crippen molar-refractivity contribution < 1.29 is 4.74 Å². The molecule has 0 aromatic heterocycles. The van der Waals surface area contributed by atoms with Crippen LogP contribution in [-0.2, 0) is 0 Å². The van der Waals surface area contributed by atoms with Crippen molar-refractivity contribution in [1.82, 2.24) is 0 Å². The molecule has 0 saturated carbocycles. The Morgan fingerprint density at radius 2 is 2.08 bits per heavy atom. The van der Waals surface area contributed by atoms with Gasteiger partial charge in [0.25, 0.3) is 0 Å². The van der Waals surface area contributed by atoms with Crippen LogP contribution in [0.3, 0.4) is 0 Å². The van der Waals surface area contributed by atoms with Gasteiger partial charge < -0.3 is 16.2 Å².